The Labute approximate surface area is 197 Å². The van der Waals surface area contributed by atoms with Gasteiger partial charge in [-0.3, -0.25) is 4.79 Å². The predicted octanol–water partition coefficient (Wildman–Crippen LogP) is 3.19. The third kappa shape index (κ3) is 3.64. The quantitative estimate of drug-likeness (QED) is 0.597. The van der Waals surface area contributed by atoms with Crippen LogP contribution < -0.4 is 10.1 Å². The molecule has 1 spiro atoms. The number of nitrogens with zero attached hydrogens (tertiary/aromatic N) is 2. The molecule has 2 fully saturated rings. The number of carbonyl (C=O) groups excluding carboxylic acids is 1. The zero-order valence-corrected chi connectivity index (χ0v) is 19.3. The number of nitrogens with one attached hydrogen (secondary N) is 2. The number of anilines is 1. The molecule has 6 rings (SSSR count). The summed E-state index contributed by atoms with van der Waals surface area (Å²) in [6.45, 7) is 6.78. The molecule has 34 heavy (non-hydrogen) atoms. The first-order valence-corrected chi connectivity index (χ1v) is 11.8. The molecular weight excluding hydrogens is 436 g/mol. The van der Waals surface area contributed by atoms with Crippen LogP contribution in [0.3, 0.4) is 0 Å². The second-order valence-corrected chi connectivity index (χ2v) is 9.35. The monoisotopic (exact) mass is 464 g/mol. The number of aromatic nitrogens is 3. The van der Waals surface area contributed by atoms with Crippen LogP contribution in [0.15, 0.2) is 24.5 Å². The van der Waals surface area contributed by atoms with E-state index in [0.717, 1.165) is 65.2 Å². The third-order valence-electron chi connectivity index (χ3n) is 7.02. The van der Waals surface area contributed by atoms with Crippen LogP contribution in [0.2, 0.25) is 0 Å². The van der Waals surface area contributed by atoms with Crippen LogP contribution in [-0.2, 0) is 31.0 Å². The summed E-state index contributed by atoms with van der Waals surface area (Å²) >= 11 is 0. The van der Waals surface area contributed by atoms with Crippen molar-refractivity contribution in [2.75, 3.05) is 38.4 Å². The Morgan fingerprint density at radius 2 is 2.18 bits per heavy atom. The fourth-order valence-corrected chi connectivity index (χ4v) is 4.98. The van der Waals surface area contributed by atoms with E-state index in [0.29, 0.717) is 31.6 Å². The lowest BCUT2D eigenvalue weighted by atomic mass is 9.89. The van der Waals surface area contributed by atoms with Crippen molar-refractivity contribution in [2.45, 2.75) is 38.4 Å². The Hall–Kier alpha value is -3.01. The minimum absolute atomic E-state index is 0.0326. The van der Waals surface area contributed by atoms with E-state index in [-0.39, 0.29) is 12.0 Å². The van der Waals surface area contributed by atoms with Gasteiger partial charge in [-0.25, -0.2) is 9.97 Å². The van der Waals surface area contributed by atoms with Crippen LogP contribution in [0.25, 0.3) is 22.2 Å². The lowest BCUT2D eigenvalue weighted by Crippen LogP contribution is -2.40. The van der Waals surface area contributed by atoms with Gasteiger partial charge in [0.1, 0.15) is 23.3 Å². The number of amides is 1. The third-order valence-corrected chi connectivity index (χ3v) is 7.02. The first-order valence-electron chi connectivity index (χ1n) is 11.8. The van der Waals surface area contributed by atoms with Gasteiger partial charge in [0.05, 0.1) is 49.5 Å². The molecule has 1 amide bonds. The number of fused-ring (bicyclic) bond motifs is 3. The molecule has 9 heteroatoms. The molecule has 3 aliphatic heterocycles. The minimum atomic E-state index is -0.542. The molecule has 2 saturated heterocycles. The lowest BCUT2D eigenvalue weighted by Gasteiger charge is -2.36. The fraction of sp³-hybridized carbons (Fsp3) is 0.480. The molecule has 0 aliphatic carbocycles. The average molecular weight is 465 g/mol. The second-order valence-electron chi connectivity index (χ2n) is 9.35. The van der Waals surface area contributed by atoms with Gasteiger partial charge in [-0.15, -0.1) is 0 Å². The Morgan fingerprint density at radius 3 is 2.91 bits per heavy atom. The number of carbonyl (C=O) groups is 1. The van der Waals surface area contributed by atoms with Crippen LogP contribution >= 0.6 is 0 Å². The summed E-state index contributed by atoms with van der Waals surface area (Å²) in [6.07, 6.45) is 5.19. The first-order chi connectivity index (χ1) is 16.5. The van der Waals surface area contributed by atoms with Crippen molar-refractivity contribution in [1.82, 2.24) is 15.0 Å². The normalized spacial score (nSPS) is 23.0. The molecule has 9 nitrogen and oxygen atoms in total. The molecule has 3 aromatic heterocycles. The zero-order valence-electron chi connectivity index (χ0n) is 19.3. The Morgan fingerprint density at radius 1 is 1.29 bits per heavy atom. The predicted molar refractivity (Wildman–Crippen MR) is 125 cm³/mol. The molecule has 0 saturated carbocycles. The van der Waals surface area contributed by atoms with Gasteiger partial charge in [-0.1, -0.05) is 0 Å². The Bertz CT molecular complexity index is 1250. The van der Waals surface area contributed by atoms with Gasteiger partial charge in [0.25, 0.3) is 0 Å². The van der Waals surface area contributed by atoms with Crippen LogP contribution in [0, 0.1) is 5.92 Å². The second kappa shape index (κ2) is 8.33. The van der Waals surface area contributed by atoms with Crippen molar-refractivity contribution in [2.24, 2.45) is 5.92 Å². The van der Waals surface area contributed by atoms with Crippen molar-refractivity contribution >= 4 is 22.6 Å². The standard InChI is InChI=1S/C25H28N4O5/c1-14(16-11-32-12-16)34-22-8-20(29-24-17(22)3-5-33-25(24)4-6-31-13-25)19-9-26-21-10-27-23(7-18(19)21)28-15(2)30/h7-10,14,16,26H,3-6,11-13H2,1-2H3,(H,27,28,30). The van der Waals surface area contributed by atoms with E-state index in [1.54, 1.807) is 6.20 Å². The summed E-state index contributed by atoms with van der Waals surface area (Å²) in [4.78, 5) is 24.3. The largest absolute Gasteiger partial charge is 0.490 e. The molecule has 2 atom stereocenters. The average Bonchev–Trinajstić information content (AvgIpc) is 3.40. The van der Waals surface area contributed by atoms with Gasteiger partial charge in [0.2, 0.25) is 5.91 Å². The van der Waals surface area contributed by atoms with Crippen LogP contribution in [0.1, 0.15) is 31.5 Å². The highest BCUT2D eigenvalue weighted by molar-refractivity contribution is 5.97. The van der Waals surface area contributed by atoms with E-state index in [9.17, 15) is 4.79 Å². The van der Waals surface area contributed by atoms with E-state index >= 15 is 0 Å². The van der Waals surface area contributed by atoms with Gasteiger partial charge in [-0.2, -0.15) is 0 Å². The first kappa shape index (κ1) is 21.5. The lowest BCUT2D eigenvalue weighted by molar-refractivity contribution is -0.114. The minimum Gasteiger partial charge on any atom is -0.490 e. The van der Waals surface area contributed by atoms with Crippen molar-refractivity contribution in [3.63, 3.8) is 0 Å². The molecule has 2 unspecified atom stereocenters. The number of hydrogen-bond donors (Lipinski definition) is 2. The summed E-state index contributed by atoms with van der Waals surface area (Å²) in [5.74, 6) is 1.56. The molecule has 2 N–H and O–H groups in total. The molecule has 178 valence electrons. The van der Waals surface area contributed by atoms with Crippen molar-refractivity contribution < 1.29 is 23.7 Å². The highest BCUT2D eigenvalue weighted by Crippen LogP contribution is 2.44. The van der Waals surface area contributed by atoms with Gasteiger partial charge in [0, 0.05) is 61.1 Å². The van der Waals surface area contributed by atoms with Gasteiger partial charge in [0.15, 0.2) is 0 Å². The van der Waals surface area contributed by atoms with E-state index in [1.165, 1.54) is 6.92 Å². The molecule has 0 bridgehead atoms. The molecule has 0 aromatic carbocycles. The SMILES string of the molecule is CC(=O)Nc1cc2c(-c3cc(OC(C)C4COC4)c4c(n3)C3(CCOC3)OCC4)c[nH]c2cn1. The van der Waals surface area contributed by atoms with Crippen LogP contribution in [-0.4, -0.2) is 60.0 Å². The summed E-state index contributed by atoms with van der Waals surface area (Å²) in [6, 6.07) is 3.90. The summed E-state index contributed by atoms with van der Waals surface area (Å²) in [5.41, 5.74) is 4.03. The summed E-state index contributed by atoms with van der Waals surface area (Å²) in [7, 11) is 0. The zero-order chi connectivity index (χ0) is 23.3. The van der Waals surface area contributed by atoms with Crippen molar-refractivity contribution in [3.8, 4) is 17.0 Å². The van der Waals surface area contributed by atoms with Gasteiger partial charge < -0.3 is 29.2 Å². The number of rotatable bonds is 5. The maximum atomic E-state index is 11.6. The van der Waals surface area contributed by atoms with E-state index < -0.39 is 5.60 Å². The maximum absolute atomic E-state index is 11.6. The number of aromatic amines is 1. The number of pyridine rings is 2. The number of ether oxygens (including phenoxy) is 4. The topological polar surface area (TPSA) is 108 Å². The Kier molecular flexibility index (Phi) is 5.28. The molecule has 6 heterocycles. The van der Waals surface area contributed by atoms with Gasteiger partial charge >= 0.3 is 0 Å². The number of H-pyrrole nitrogens is 1. The highest BCUT2D eigenvalue weighted by atomic mass is 16.6. The summed E-state index contributed by atoms with van der Waals surface area (Å²) < 4.78 is 24.0. The Balaban J connectivity index is 1.48. The molecule has 3 aromatic rings. The summed E-state index contributed by atoms with van der Waals surface area (Å²) in [5, 5.41) is 3.68. The van der Waals surface area contributed by atoms with E-state index in [4.69, 9.17) is 23.9 Å². The smallest absolute Gasteiger partial charge is 0.222 e. The molecule has 0 radical (unpaired) electrons. The molecule has 3 aliphatic rings. The van der Waals surface area contributed by atoms with Crippen molar-refractivity contribution in [3.05, 3.63) is 35.8 Å². The van der Waals surface area contributed by atoms with E-state index in [1.807, 2.05) is 18.3 Å². The van der Waals surface area contributed by atoms with E-state index in [2.05, 4.69) is 22.2 Å². The van der Waals surface area contributed by atoms with Crippen LogP contribution in [0.4, 0.5) is 5.82 Å². The molecular formula is C25H28N4O5. The maximum Gasteiger partial charge on any atom is 0.222 e. The van der Waals surface area contributed by atoms with Crippen molar-refractivity contribution in [1.29, 1.82) is 0 Å². The number of hydrogen-bond acceptors (Lipinski definition) is 7. The van der Waals surface area contributed by atoms with Gasteiger partial charge in [-0.05, 0) is 13.0 Å². The fourth-order valence-electron chi connectivity index (χ4n) is 4.98. The van der Waals surface area contributed by atoms with Crippen LogP contribution in [0.5, 0.6) is 5.75 Å². The highest BCUT2D eigenvalue weighted by Gasteiger charge is 2.44.